The van der Waals surface area contributed by atoms with E-state index in [2.05, 4.69) is 31.3 Å². The Bertz CT molecular complexity index is 268. The molecule has 1 unspecified atom stereocenters. The van der Waals surface area contributed by atoms with E-state index < -0.39 is 0 Å². The van der Waals surface area contributed by atoms with Crippen LogP contribution in [0.5, 0.6) is 0 Å². The van der Waals surface area contributed by atoms with E-state index in [1.807, 2.05) is 6.08 Å². The van der Waals surface area contributed by atoms with Gasteiger partial charge in [0.2, 0.25) is 0 Å². The summed E-state index contributed by atoms with van der Waals surface area (Å²) >= 11 is 0. The van der Waals surface area contributed by atoms with Gasteiger partial charge in [-0.3, -0.25) is 0 Å². The van der Waals surface area contributed by atoms with E-state index in [-0.39, 0.29) is 5.54 Å². The van der Waals surface area contributed by atoms with E-state index in [0.29, 0.717) is 0 Å². The molecule has 0 amide bonds. The summed E-state index contributed by atoms with van der Waals surface area (Å²) in [6.45, 7) is 5.59. The van der Waals surface area contributed by atoms with E-state index in [1.54, 1.807) is 0 Å². The van der Waals surface area contributed by atoms with Crippen LogP contribution in [0, 0.1) is 0 Å². The van der Waals surface area contributed by atoms with Crippen molar-refractivity contribution in [3.05, 3.63) is 23.9 Å². The van der Waals surface area contributed by atoms with E-state index in [4.69, 9.17) is 5.73 Å². The number of hydrogen-bond donors (Lipinski definition) is 2. The molecule has 0 aromatic carbocycles. The second-order valence-electron chi connectivity index (χ2n) is 5.13. The summed E-state index contributed by atoms with van der Waals surface area (Å²) in [4.78, 5) is 0. The first-order chi connectivity index (χ1) is 8.22. The lowest BCUT2D eigenvalue weighted by molar-refractivity contribution is 0.374. The molecule has 1 rings (SSSR count). The average Bonchev–Trinajstić information content (AvgIpc) is 2.34. The Balaban J connectivity index is 2.24. The SMILES string of the molecule is CCCCCCCNC1(CC)C=CC=C(N)C1. The van der Waals surface area contributed by atoms with Gasteiger partial charge in [-0.2, -0.15) is 0 Å². The Labute approximate surface area is 106 Å². The third-order valence-electron chi connectivity index (χ3n) is 3.63. The van der Waals surface area contributed by atoms with Crippen molar-refractivity contribution in [1.82, 2.24) is 5.32 Å². The molecule has 2 heteroatoms. The molecule has 17 heavy (non-hydrogen) atoms. The van der Waals surface area contributed by atoms with Crippen LogP contribution >= 0.6 is 0 Å². The molecule has 0 radical (unpaired) electrons. The lowest BCUT2D eigenvalue weighted by Gasteiger charge is -2.33. The van der Waals surface area contributed by atoms with Crippen LogP contribution in [0.3, 0.4) is 0 Å². The molecule has 0 heterocycles. The molecular weight excluding hydrogens is 208 g/mol. The molecule has 2 nitrogen and oxygen atoms in total. The van der Waals surface area contributed by atoms with E-state index in [0.717, 1.165) is 25.1 Å². The molecule has 3 N–H and O–H groups in total. The van der Waals surface area contributed by atoms with Crippen molar-refractivity contribution in [2.75, 3.05) is 6.54 Å². The predicted molar refractivity (Wildman–Crippen MR) is 75.8 cm³/mol. The van der Waals surface area contributed by atoms with Crippen LogP contribution in [-0.4, -0.2) is 12.1 Å². The normalized spacial score (nSPS) is 23.8. The summed E-state index contributed by atoms with van der Waals surface area (Å²) in [6.07, 6.45) is 15.1. The standard InChI is InChI=1S/C15H28N2/c1-3-5-6-7-8-12-17-15(4-2)11-9-10-14(16)13-15/h9-11,17H,3-8,12-13,16H2,1-2H3. The number of nitrogens with one attached hydrogen (secondary N) is 1. The number of rotatable bonds is 8. The zero-order valence-electron chi connectivity index (χ0n) is 11.5. The fourth-order valence-corrected chi connectivity index (χ4v) is 2.39. The third kappa shape index (κ3) is 4.95. The van der Waals surface area contributed by atoms with Crippen molar-refractivity contribution in [1.29, 1.82) is 0 Å². The van der Waals surface area contributed by atoms with Crippen LogP contribution in [-0.2, 0) is 0 Å². The van der Waals surface area contributed by atoms with Crippen molar-refractivity contribution in [2.45, 2.75) is 64.3 Å². The van der Waals surface area contributed by atoms with Gasteiger partial charge in [0, 0.05) is 17.7 Å². The maximum Gasteiger partial charge on any atom is 0.0419 e. The average molecular weight is 236 g/mol. The molecule has 1 atom stereocenters. The van der Waals surface area contributed by atoms with Gasteiger partial charge in [0.05, 0.1) is 0 Å². The number of hydrogen-bond acceptors (Lipinski definition) is 2. The van der Waals surface area contributed by atoms with Crippen molar-refractivity contribution < 1.29 is 0 Å². The maximum atomic E-state index is 5.93. The van der Waals surface area contributed by atoms with E-state index >= 15 is 0 Å². The van der Waals surface area contributed by atoms with Gasteiger partial charge in [-0.05, 0) is 25.5 Å². The van der Waals surface area contributed by atoms with E-state index in [1.165, 1.54) is 32.1 Å². The van der Waals surface area contributed by atoms with Gasteiger partial charge in [-0.15, -0.1) is 0 Å². The van der Waals surface area contributed by atoms with Crippen LogP contribution in [0.15, 0.2) is 23.9 Å². The second kappa shape index (κ2) is 7.54. The van der Waals surface area contributed by atoms with Crippen molar-refractivity contribution in [3.8, 4) is 0 Å². The Morgan fingerprint density at radius 2 is 2.00 bits per heavy atom. The maximum absolute atomic E-state index is 5.93. The number of nitrogens with two attached hydrogens (primary N) is 1. The molecule has 0 aromatic heterocycles. The van der Waals surface area contributed by atoms with Crippen LogP contribution in [0.2, 0.25) is 0 Å². The smallest absolute Gasteiger partial charge is 0.0419 e. The first kappa shape index (κ1) is 14.3. The lowest BCUT2D eigenvalue weighted by atomic mass is 9.86. The van der Waals surface area contributed by atoms with Gasteiger partial charge in [-0.1, -0.05) is 51.7 Å². The van der Waals surface area contributed by atoms with Gasteiger partial charge >= 0.3 is 0 Å². The molecule has 0 aromatic rings. The zero-order valence-corrected chi connectivity index (χ0v) is 11.5. The summed E-state index contributed by atoms with van der Waals surface area (Å²) < 4.78 is 0. The quantitative estimate of drug-likeness (QED) is 0.633. The largest absolute Gasteiger partial charge is 0.402 e. The van der Waals surface area contributed by atoms with Crippen molar-refractivity contribution >= 4 is 0 Å². The third-order valence-corrected chi connectivity index (χ3v) is 3.63. The molecular formula is C15H28N2. The summed E-state index contributed by atoms with van der Waals surface area (Å²) in [5, 5.41) is 3.68. The fourth-order valence-electron chi connectivity index (χ4n) is 2.39. The summed E-state index contributed by atoms with van der Waals surface area (Å²) in [6, 6.07) is 0. The number of unbranched alkanes of at least 4 members (excludes halogenated alkanes) is 4. The molecule has 0 saturated heterocycles. The van der Waals surface area contributed by atoms with Crippen LogP contribution < -0.4 is 11.1 Å². The Morgan fingerprint density at radius 3 is 2.65 bits per heavy atom. The molecule has 0 spiro atoms. The first-order valence-corrected chi connectivity index (χ1v) is 7.11. The Kier molecular flexibility index (Phi) is 6.35. The molecule has 0 fully saturated rings. The molecule has 0 saturated carbocycles. The highest BCUT2D eigenvalue weighted by atomic mass is 15.0. The summed E-state index contributed by atoms with van der Waals surface area (Å²) in [5.74, 6) is 0. The Morgan fingerprint density at radius 1 is 1.24 bits per heavy atom. The Hall–Kier alpha value is -0.760. The van der Waals surface area contributed by atoms with E-state index in [9.17, 15) is 0 Å². The minimum atomic E-state index is 0.115. The zero-order chi connectivity index (χ0) is 12.6. The molecule has 1 aliphatic rings. The molecule has 0 bridgehead atoms. The fraction of sp³-hybridized carbons (Fsp3) is 0.733. The monoisotopic (exact) mass is 236 g/mol. The highest BCUT2D eigenvalue weighted by Gasteiger charge is 2.26. The number of allylic oxidation sites excluding steroid dienone is 2. The highest BCUT2D eigenvalue weighted by Crippen LogP contribution is 2.24. The highest BCUT2D eigenvalue weighted by molar-refractivity contribution is 5.25. The second-order valence-corrected chi connectivity index (χ2v) is 5.13. The van der Waals surface area contributed by atoms with Gasteiger partial charge < -0.3 is 11.1 Å². The summed E-state index contributed by atoms with van der Waals surface area (Å²) in [7, 11) is 0. The van der Waals surface area contributed by atoms with Gasteiger partial charge in [0.15, 0.2) is 0 Å². The molecule has 98 valence electrons. The lowest BCUT2D eigenvalue weighted by Crippen LogP contribution is -2.45. The molecule has 0 aliphatic heterocycles. The molecule has 1 aliphatic carbocycles. The van der Waals surface area contributed by atoms with Crippen LogP contribution in [0.4, 0.5) is 0 Å². The first-order valence-electron chi connectivity index (χ1n) is 7.11. The van der Waals surface area contributed by atoms with Crippen LogP contribution in [0.1, 0.15) is 58.8 Å². The minimum absolute atomic E-state index is 0.115. The van der Waals surface area contributed by atoms with Gasteiger partial charge in [0.1, 0.15) is 0 Å². The predicted octanol–water partition coefficient (Wildman–Crippen LogP) is 3.50. The van der Waals surface area contributed by atoms with Crippen molar-refractivity contribution in [2.24, 2.45) is 5.73 Å². The van der Waals surface area contributed by atoms with Gasteiger partial charge in [0.25, 0.3) is 0 Å². The van der Waals surface area contributed by atoms with Gasteiger partial charge in [-0.25, -0.2) is 0 Å². The van der Waals surface area contributed by atoms with Crippen molar-refractivity contribution in [3.63, 3.8) is 0 Å². The topological polar surface area (TPSA) is 38.0 Å². The summed E-state index contributed by atoms with van der Waals surface area (Å²) in [5.41, 5.74) is 7.03. The van der Waals surface area contributed by atoms with Crippen LogP contribution in [0.25, 0.3) is 0 Å². The minimum Gasteiger partial charge on any atom is -0.402 e.